The third-order valence-corrected chi connectivity index (χ3v) is 5.17. The number of benzene rings is 1. The van der Waals surface area contributed by atoms with Gasteiger partial charge >= 0.3 is 0 Å². The molecule has 1 aliphatic heterocycles. The minimum absolute atomic E-state index is 0.174. The average Bonchev–Trinajstić information content (AvgIpc) is 3.14. The molecule has 1 aromatic carbocycles. The number of anilines is 1. The molecule has 1 saturated heterocycles. The number of nitrogens with one attached hydrogen (secondary N) is 2. The second-order valence-electron chi connectivity index (χ2n) is 7.00. The van der Waals surface area contributed by atoms with Crippen molar-refractivity contribution < 1.29 is 9.84 Å². The van der Waals surface area contributed by atoms with E-state index in [1.165, 1.54) is 0 Å². The molecule has 148 valence electrons. The van der Waals surface area contributed by atoms with Crippen molar-refractivity contribution in [1.29, 1.82) is 0 Å². The highest BCUT2D eigenvalue weighted by molar-refractivity contribution is 6.11. The van der Waals surface area contributed by atoms with Crippen LogP contribution in [0.1, 0.15) is 6.92 Å². The predicted octanol–water partition coefficient (Wildman–Crippen LogP) is 2.69. The summed E-state index contributed by atoms with van der Waals surface area (Å²) in [4.78, 5) is 19.0. The van der Waals surface area contributed by atoms with E-state index in [-0.39, 0.29) is 5.75 Å². The molecule has 8 heteroatoms. The van der Waals surface area contributed by atoms with Crippen molar-refractivity contribution in [3.05, 3.63) is 36.7 Å². The van der Waals surface area contributed by atoms with Crippen LogP contribution < -0.4 is 15.0 Å². The highest BCUT2D eigenvalue weighted by Gasteiger charge is 2.21. The largest absolute Gasteiger partial charge is 0.507 e. The molecule has 4 aromatic rings. The van der Waals surface area contributed by atoms with E-state index >= 15 is 0 Å². The zero-order valence-corrected chi connectivity index (χ0v) is 16.1. The second kappa shape index (κ2) is 7.21. The van der Waals surface area contributed by atoms with E-state index < -0.39 is 0 Å². The molecule has 0 atom stereocenters. The van der Waals surface area contributed by atoms with Crippen LogP contribution in [0, 0.1) is 0 Å². The Morgan fingerprint density at radius 2 is 1.90 bits per heavy atom. The van der Waals surface area contributed by atoms with Gasteiger partial charge in [0.2, 0.25) is 11.8 Å². The van der Waals surface area contributed by atoms with E-state index in [0.717, 1.165) is 42.8 Å². The Morgan fingerprint density at radius 1 is 1.10 bits per heavy atom. The zero-order valence-electron chi connectivity index (χ0n) is 16.1. The summed E-state index contributed by atoms with van der Waals surface area (Å²) in [6.45, 7) is 5.87. The number of H-pyrrole nitrogens is 1. The summed E-state index contributed by atoms with van der Waals surface area (Å²) >= 11 is 0. The Kier molecular flexibility index (Phi) is 4.40. The lowest BCUT2D eigenvalue weighted by Gasteiger charge is -2.27. The number of aromatic hydroxyl groups is 1. The topological polar surface area (TPSA) is 99.2 Å². The first kappa shape index (κ1) is 17.7. The summed E-state index contributed by atoms with van der Waals surface area (Å²) in [6, 6.07) is 7.60. The number of phenols is 1. The fraction of sp³-hybridized carbons (Fsp3) is 0.286. The van der Waals surface area contributed by atoms with Crippen molar-refractivity contribution in [2.45, 2.75) is 6.92 Å². The number of hydrogen-bond donors (Lipinski definition) is 3. The van der Waals surface area contributed by atoms with Crippen molar-refractivity contribution in [3.8, 4) is 22.8 Å². The van der Waals surface area contributed by atoms with Crippen LogP contribution in [0.5, 0.6) is 11.6 Å². The number of hydrogen-bond acceptors (Lipinski definition) is 7. The van der Waals surface area contributed by atoms with Crippen molar-refractivity contribution in [1.82, 2.24) is 25.3 Å². The number of piperazine rings is 1. The molecule has 4 heterocycles. The van der Waals surface area contributed by atoms with Crippen LogP contribution in [0.4, 0.5) is 5.95 Å². The first-order chi connectivity index (χ1) is 14.2. The van der Waals surface area contributed by atoms with E-state index in [1.54, 1.807) is 18.5 Å². The number of phenolic OH excluding ortho intramolecular Hbond substituents is 1. The Balaban J connectivity index is 1.72. The third kappa shape index (κ3) is 3.11. The van der Waals surface area contributed by atoms with Gasteiger partial charge in [-0.2, -0.15) is 4.98 Å². The molecule has 29 heavy (non-hydrogen) atoms. The SMILES string of the molecule is CCOc1nc(N2CCNCC2)nc2c1[nH]c1cc(-c3ccncc3)cc(O)c12. The van der Waals surface area contributed by atoms with E-state index in [2.05, 4.69) is 25.2 Å². The summed E-state index contributed by atoms with van der Waals surface area (Å²) in [7, 11) is 0. The summed E-state index contributed by atoms with van der Waals surface area (Å²) in [5.41, 5.74) is 4.04. The first-order valence-electron chi connectivity index (χ1n) is 9.80. The molecule has 8 nitrogen and oxygen atoms in total. The minimum Gasteiger partial charge on any atom is -0.507 e. The fourth-order valence-electron chi connectivity index (χ4n) is 3.79. The second-order valence-corrected chi connectivity index (χ2v) is 7.00. The first-order valence-corrected chi connectivity index (χ1v) is 9.80. The summed E-state index contributed by atoms with van der Waals surface area (Å²) in [5, 5.41) is 14.9. The number of aromatic amines is 1. The van der Waals surface area contributed by atoms with Gasteiger partial charge in [-0.05, 0) is 42.3 Å². The third-order valence-electron chi connectivity index (χ3n) is 5.17. The van der Waals surface area contributed by atoms with Crippen LogP contribution in [0.15, 0.2) is 36.7 Å². The smallest absolute Gasteiger partial charge is 0.243 e. The fourth-order valence-corrected chi connectivity index (χ4v) is 3.79. The maximum atomic E-state index is 10.9. The van der Waals surface area contributed by atoms with E-state index in [1.807, 2.05) is 25.1 Å². The number of fused-ring (bicyclic) bond motifs is 3. The highest BCUT2D eigenvalue weighted by Crippen LogP contribution is 2.38. The lowest BCUT2D eigenvalue weighted by molar-refractivity contribution is 0.330. The monoisotopic (exact) mass is 390 g/mol. The molecule has 5 rings (SSSR count). The maximum absolute atomic E-state index is 10.9. The molecule has 1 aliphatic rings. The van der Waals surface area contributed by atoms with Crippen LogP contribution in [0.2, 0.25) is 0 Å². The maximum Gasteiger partial charge on any atom is 0.243 e. The summed E-state index contributed by atoms with van der Waals surface area (Å²) in [6.07, 6.45) is 3.47. The minimum atomic E-state index is 0.174. The standard InChI is InChI=1S/C21H22N6O2/c1-2-29-20-19-18(25-21(26-20)27-9-7-23-8-10-27)17-15(24-19)11-14(12-16(17)28)13-3-5-22-6-4-13/h3-6,11-12,23-24,28H,2,7-10H2,1H3. The molecule has 1 fully saturated rings. The highest BCUT2D eigenvalue weighted by atomic mass is 16.5. The Bertz CT molecular complexity index is 1170. The van der Waals surface area contributed by atoms with Crippen LogP contribution in [0.25, 0.3) is 33.1 Å². The van der Waals surface area contributed by atoms with Gasteiger partial charge in [-0.25, -0.2) is 4.98 Å². The van der Waals surface area contributed by atoms with Gasteiger partial charge < -0.3 is 25.0 Å². The van der Waals surface area contributed by atoms with Gasteiger partial charge in [0.1, 0.15) is 16.8 Å². The quantitative estimate of drug-likeness (QED) is 0.493. The van der Waals surface area contributed by atoms with Crippen LogP contribution in [0.3, 0.4) is 0 Å². The van der Waals surface area contributed by atoms with Crippen molar-refractivity contribution >= 4 is 27.9 Å². The van der Waals surface area contributed by atoms with E-state index in [9.17, 15) is 5.11 Å². The van der Waals surface area contributed by atoms with Gasteiger partial charge in [-0.15, -0.1) is 0 Å². The number of ether oxygens (including phenoxy) is 1. The van der Waals surface area contributed by atoms with E-state index in [4.69, 9.17) is 9.72 Å². The van der Waals surface area contributed by atoms with Gasteiger partial charge in [-0.3, -0.25) is 4.98 Å². The van der Waals surface area contributed by atoms with Gasteiger partial charge in [0, 0.05) is 38.6 Å². The molecule has 3 aromatic heterocycles. The number of rotatable bonds is 4. The lowest BCUT2D eigenvalue weighted by Crippen LogP contribution is -2.44. The Labute approximate surface area is 167 Å². The van der Waals surface area contributed by atoms with Gasteiger partial charge in [0.15, 0.2) is 0 Å². The van der Waals surface area contributed by atoms with Crippen LogP contribution in [-0.2, 0) is 0 Å². The van der Waals surface area contributed by atoms with Crippen molar-refractivity contribution in [3.63, 3.8) is 0 Å². The Hall–Kier alpha value is -3.39. The summed E-state index contributed by atoms with van der Waals surface area (Å²) < 4.78 is 5.82. The van der Waals surface area contributed by atoms with Crippen LogP contribution >= 0.6 is 0 Å². The van der Waals surface area contributed by atoms with Crippen LogP contribution in [-0.4, -0.2) is 57.8 Å². The van der Waals surface area contributed by atoms with Gasteiger partial charge in [0.25, 0.3) is 0 Å². The summed E-state index contributed by atoms with van der Waals surface area (Å²) in [5.74, 6) is 1.31. The molecule has 0 unspecified atom stereocenters. The normalized spacial score (nSPS) is 14.6. The molecular weight excluding hydrogens is 368 g/mol. The van der Waals surface area contributed by atoms with Gasteiger partial charge in [0.05, 0.1) is 17.5 Å². The molecule has 3 N–H and O–H groups in total. The number of nitrogens with zero attached hydrogens (tertiary/aromatic N) is 4. The number of aromatic nitrogens is 4. The molecule has 0 radical (unpaired) electrons. The number of pyridine rings is 1. The zero-order chi connectivity index (χ0) is 19.8. The molecule has 0 bridgehead atoms. The van der Waals surface area contributed by atoms with Gasteiger partial charge in [-0.1, -0.05) is 0 Å². The molecule has 0 amide bonds. The lowest BCUT2D eigenvalue weighted by atomic mass is 10.0. The molecule has 0 spiro atoms. The molecule has 0 aliphatic carbocycles. The van der Waals surface area contributed by atoms with E-state index in [0.29, 0.717) is 34.9 Å². The average molecular weight is 390 g/mol. The Morgan fingerprint density at radius 3 is 2.66 bits per heavy atom. The molecular formula is C21H22N6O2. The predicted molar refractivity (Wildman–Crippen MR) is 113 cm³/mol. The van der Waals surface area contributed by atoms with Crippen molar-refractivity contribution in [2.75, 3.05) is 37.7 Å². The van der Waals surface area contributed by atoms with Crippen molar-refractivity contribution in [2.24, 2.45) is 0 Å². The molecule has 0 saturated carbocycles.